The summed E-state index contributed by atoms with van der Waals surface area (Å²) in [6, 6.07) is 5.44. The number of hydrogen-bond acceptors (Lipinski definition) is 4. The lowest BCUT2D eigenvalue weighted by Gasteiger charge is -2.61. The number of hydrogen-bond donors (Lipinski definition) is 4. The van der Waals surface area contributed by atoms with Gasteiger partial charge in [-0.2, -0.15) is 0 Å². The van der Waals surface area contributed by atoms with E-state index < -0.39 is 5.72 Å². The van der Waals surface area contributed by atoms with Gasteiger partial charge in [0.1, 0.15) is 5.75 Å². The largest absolute Gasteiger partial charge is 0.508 e. The van der Waals surface area contributed by atoms with E-state index in [1.165, 1.54) is 5.57 Å². The Morgan fingerprint density at radius 2 is 2.25 bits per heavy atom. The van der Waals surface area contributed by atoms with Gasteiger partial charge in [0.2, 0.25) is 0 Å². The maximum atomic E-state index is 11.6. The van der Waals surface area contributed by atoms with E-state index >= 15 is 0 Å². The van der Waals surface area contributed by atoms with Crippen LogP contribution in [0.15, 0.2) is 29.8 Å². The SMILES string of the molecule is C/C=C1/CN2[C@H]3Cc4c([nH]c5ccc(O)cc45)[C@]2(O)C[C@@H]1[C@H]3CO. The van der Waals surface area contributed by atoms with E-state index in [1.54, 1.807) is 12.1 Å². The van der Waals surface area contributed by atoms with Gasteiger partial charge in [0.05, 0.1) is 5.69 Å². The second-order valence-corrected chi connectivity index (χ2v) is 7.45. The monoisotopic (exact) mass is 326 g/mol. The molecule has 0 amide bonds. The maximum absolute atomic E-state index is 11.6. The van der Waals surface area contributed by atoms with Crippen molar-refractivity contribution in [1.82, 2.24) is 9.88 Å². The van der Waals surface area contributed by atoms with E-state index in [1.807, 2.05) is 13.0 Å². The summed E-state index contributed by atoms with van der Waals surface area (Å²) in [5, 5.41) is 32.4. The molecule has 24 heavy (non-hydrogen) atoms. The van der Waals surface area contributed by atoms with Gasteiger partial charge in [-0.1, -0.05) is 11.6 Å². The molecule has 5 atom stereocenters. The number of aromatic hydroxyl groups is 1. The van der Waals surface area contributed by atoms with Crippen LogP contribution < -0.4 is 0 Å². The van der Waals surface area contributed by atoms with Gasteiger partial charge >= 0.3 is 0 Å². The lowest BCUT2D eigenvalue weighted by atomic mass is 9.63. The van der Waals surface area contributed by atoms with Crippen LogP contribution in [0.25, 0.3) is 10.9 Å². The number of piperidine rings is 3. The number of fused-ring (bicyclic) bond motifs is 4. The van der Waals surface area contributed by atoms with E-state index in [-0.39, 0.29) is 30.2 Å². The van der Waals surface area contributed by atoms with Gasteiger partial charge in [0.25, 0.3) is 0 Å². The number of benzene rings is 1. The molecule has 3 saturated heterocycles. The molecule has 126 valence electrons. The number of aliphatic hydroxyl groups excluding tert-OH is 1. The van der Waals surface area contributed by atoms with Gasteiger partial charge in [0, 0.05) is 42.4 Å². The third-order valence-electron chi connectivity index (χ3n) is 6.51. The Morgan fingerprint density at radius 3 is 3.00 bits per heavy atom. The number of aromatic amines is 1. The van der Waals surface area contributed by atoms with Crippen LogP contribution in [0, 0.1) is 11.8 Å². The molecular formula is C19H22N2O3. The van der Waals surface area contributed by atoms with Crippen LogP contribution in [-0.2, 0) is 12.1 Å². The number of phenols is 1. The van der Waals surface area contributed by atoms with Crippen LogP contribution in [0.3, 0.4) is 0 Å². The van der Waals surface area contributed by atoms with Gasteiger partial charge in [0.15, 0.2) is 5.72 Å². The molecule has 5 heteroatoms. The maximum Gasteiger partial charge on any atom is 0.160 e. The minimum Gasteiger partial charge on any atom is -0.508 e. The summed E-state index contributed by atoms with van der Waals surface area (Å²) in [4.78, 5) is 5.57. The Balaban J connectivity index is 1.74. The predicted molar refractivity (Wildman–Crippen MR) is 90.5 cm³/mol. The fourth-order valence-electron chi connectivity index (χ4n) is 5.38. The summed E-state index contributed by atoms with van der Waals surface area (Å²) in [5.41, 5.74) is 3.23. The molecule has 0 aliphatic carbocycles. The summed E-state index contributed by atoms with van der Waals surface area (Å²) in [5.74, 6) is 0.623. The fraction of sp³-hybridized carbons (Fsp3) is 0.474. The molecule has 1 unspecified atom stereocenters. The number of rotatable bonds is 1. The van der Waals surface area contributed by atoms with Crippen molar-refractivity contribution >= 4 is 10.9 Å². The molecule has 0 radical (unpaired) electrons. The number of phenolic OH excluding ortho intramolecular Hbond substituents is 1. The first-order chi connectivity index (χ1) is 11.6. The number of aromatic nitrogens is 1. The first-order valence-corrected chi connectivity index (χ1v) is 8.66. The fourth-order valence-corrected chi connectivity index (χ4v) is 5.38. The molecule has 3 fully saturated rings. The summed E-state index contributed by atoms with van der Waals surface area (Å²) in [7, 11) is 0. The Bertz CT molecular complexity index is 871. The van der Waals surface area contributed by atoms with Gasteiger partial charge in [-0.05, 0) is 43.0 Å². The van der Waals surface area contributed by atoms with Crippen LogP contribution >= 0.6 is 0 Å². The highest BCUT2D eigenvalue weighted by atomic mass is 16.3. The lowest BCUT2D eigenvalue weighted by Crippen LogP contribution is -2.69. The highest BCUT2D eigenvalue weighted by Gasteiger charge is 2.59. The minimum absolute atomic E-state index is 0.135. The van der Waals surface area contributed by atoms with E-state index in [0.29, 0.717) is 6.42 Å². The quantitative estimate of drug-likeness (QED) is 0.603. The molecule has 4 aliphatic heterocycles. The molecule has 1 aromatic carbocycles. The van der Waals surface area contributed by atoms with Crippen molar-refractivity contribution in [1.29, 1.82) is 0 Å². The molecule has 0 spiro atoms. The zero-order valence-electron chi connectivity index (χ0n) is 13.7. The van der Waals surface area contributed by atoms with Crippen LogP contribution in [0.5, 0.6) is 5.75 Å². The van der Waals surface area contributed by atoms with Crippen molar-refractivity contribution < 1.29 is 15.3 Å². The predicted octanol–water partition coefficient (Wildman–Crippen LogP) is 1.83. The van der Waals surface area contributed by atoms with Crippen molar-refractivity contribution in [2.45, 2.75) is 31.5 Å². The second-order valence-electron chi connectivity index (χ2n) is 7.45. The Kier molecular flexibility index (Phi) is 2.80. The van der Waals surface area contributed by atoms with Crippen LogP contribution in [0.1, 0.15) is 24.6 Å². The Morgan fingerprint density at radius 1 is 1.42 bits per heavy atom. The molecule has 4 aliphatic rings. The normalized spacial score (nSPS) is 38.7. The Hall–Kier alpha value is -1.82. The van der Waals surface area contributed by atoms with Gasteiger partial charge in [-0.25, -0.2) is 0 Å². The van der Waals surface area contributed by atoms with E-state index in [2.05, 4.69) is 16.0 Å². The molecule has 5 heterocycles. The minimum atomic E-state index is -1.00. The van der Waals surface area contributed by atoms with Crippen LogP contribution in [-0.4, -0.2) is 44.4 Å². The first-order valence-electron chi connectivity index (χ1n) is 8.66. The molecule has 4 N–H and O–H groups in total. The first kappa shape index (κ1) is 14.5. The van der Waals surface area contributed by atoms with Crippen LogP contribution in [0.2, 0.25) is 0 Å². The number of nitrogens with one attached hydrogen (secondary N) is 1. The molecule has 6 rings (SSSR count). The smallest absolute Gasteiger partial charge is 0.160 e. The van der Waals surface area contributed by atoms with E-state index in [0.717, 1.165) is 35.1 Å². The molecule has 1 aromatic heterocycles. The Labute approximate surface area is 140 Å². The number of H-pyrrole nitrogens is 1. The van der Waals surface area contributed by atoms with Crippen LogP contribution in [0.4, 0.5) is 0 Å². The number of aliphatic hydroxyl groups is 2. The molecule has 4 bridgehead atoms. The third-order valence-corrected chi connectivity index (χ3v) is 6.51. The topological polar surface area (TPSA) is 79.7 Å². The van der Waals surface area contributed by atoms with Crippen molar-refractivity contribution in [3.63, 3.8) is 0 Å². The van der Waals surface area contributed by atoms with Crippen molar-refractivity contribution in [3.05, 3.63) is 41.1 Å². The average Bonchev–Trinajstić information content (AvgIpc) is 2.93. The highest BCUT2D eigenvalue weighted by molar-refractivity contribution is 5.86. The number of nitrogens with zero attached hydrogens (tertiary/aromatic N) is 1. The molecule has 0 saturated carbocycles. The zero-order valence-corrected chi connectivity index (χ0v) is 13.7. The van der Waals surface area contributed by atoms with E-state index in [9.17, 15) is 15.3 Å². The summed E-state index contributed by atoms with van der Waals surface area (Å²) in [6.07, 6.45) is 3.54. The molecular weight excluding hydrogens is 304 g/mol. The number of allylic oxidation sites excluding steroid dienone is 1. The summed E-state index contributed by atoms with van der Waals surface area (Å²) in [6.45, 7) is 2.95. The van der Waals surface area contributed by atoms with Crippen molar-refractivity contribution in [2.75, 3.05) is 13.2 Å². The van der Waals surface area contributed by atoms with Crippen molar-refractivity contribution in [2.24, 2.45) is 11.8 Å². The van der Waals surface area contributed by atoms with Gasteiger partial charge < -0.3 is 20.3 Å². The lowest BCUT2D eigenvalue weighted by molar-refractivity contribution is -0.221. The van der Waals surface area contributed by atoms with Gasteiger partial charge in [-0.15, -0.1) is 0 Å². The van der Waals surface area contributed by atoms with E-state index in [4.69, 9.17) is 0 Å². The zero-order chi connectivity index (χ0) is 16.6. The van der Waals surface area contributed by atoms with Crippen molar-refractivity contribution in [3.8, 4) is 5.75 Å². The molecule has 5 nitrogen and oxygen atoms in total. The summed E-state index contributed by atoms with van der Waals surface area (Å²) >= 11 is 0. The molecule has 2 aromatic rings. The van der Waals surface area contributed by atoms with Gasteiger partial charge in [-0.3, -0.25) is 4.90 Å². The standard InChI is InChI=1S/C19H22N2O3/c1-2-10-8-21-17-6-13-12-5-11(23)3-4-16(12)20-18(13)19(21,24)7-14(10)15(17)9-22/h2-5,14-15,17,20,22-24H,6-9H2,1H3/b10-2-/t14-,15+,17-,19+/m0/s1. The second kappa shape index (κ2) is 4.63. The third kappa shape index (κ3) is 1.60. The summed E-state index contributed by atoms with van der Waals surface area (Å²) < 4.78 is 0. The average molecular weight is 326 g/mol. The highest BCUT2D eigenvalue weighted by Crippen LogP contribution is 2.56.